The zero-order valence-electron chi connectivity index (χ0n) is 17.0. The van der Waals surface area contributed by atoms with Crippen molar-refractivity contribution in [3.05, 3.63) is 92.8 Å². The van der Waals surface area contributed by atoms with E-state index >= 15 is 0 Å². The normalized spacial score (nSPS) is 11.1. The van der Waals surface area contributed by atoms with Crippen LogP contribution in [0.15, 0.2) is 71.8 Å². The summed E-state index contributed by atoms with van der Waals surface area (Å²) in [6, 6.07) is 20.3. The highest BCUT2D eigenvalue weighted by atomic mass is 35.5. The number of thiophene rings is 1. The van der Waals surface area contributed by atoms with E-state index in [1.807, 2.05) is 42.5 Å². The molecule has 0 radical (unpaired) electrons. The predicted octanol–water partition coefficient (Wildman–Crippen LogP) is 6.56. The molecule has 32 heavy (non-hydrogen) atoms. The van der Waals surface area contributed by atoms with Crippen LogP contribution in [-0.2, 0) is 6.61 Å². The van der Waals surface area contributed by atoms with E-state index in [4.69, 9.17) is 32.7 Å². The molecule has 1 aromatic heterocycles. The summed E-state index contributed by atoms with van der Waals surface area (Å²) in [7, 11) is 1.60. The van der Waals surface area contributed by atoms with E-state index in [1.54, 1.807) is 37.6 Å². The van der Waals surface area contributed by atoms with Gasteiger partial charge in [0.1, 0.15) is 23.0 Å². The number of hydrogen-bond acceptors (Lipinski definition) is 5. The van der Waals surface area contributed by atoms with E-state index in [9.17, 15) is 4.79 Å². The monoisotopic (exact) mass is 484 g/mol. The van der Waals surface area contributed by atoms with Crippen molar-refractivity contribution in [1.82, 2.24) is 5.43 Å². The van der Waals surface area contributed by atoms with E-state index in [-0.39, 0.29) is 5.91 Å². The topological polar surface area (TPSA) is 59.9 Å². The summed E-state index contributed by atoms with van der Waals surface area (Å²) in [5.74, 6) is 1.03. The van der Waals surface area contributed by atoms with Gasteiger partial charge in [0, 0.05) is 20.7 Å². The molecule has 1 N–H and O–H groups in total. The Kier molecular flexibility index (Phi) is 6.95. The molecule has 8 heteroatoms. The van der Waals surface area contributed by atoms with Gasteiger partial charge in [-0.3, -0.25) is 4.79 Å². The highest BCUT2D eigenvalue weighted by Crippen LogP contribution is 2.35. The molecule has 0 saturated carbocycles. The second-order valence-electron chi connectivity index (χ2n) is 6.75. The van der Waals surface area contributed by atoms with E-state index in [0.29, 0.717) is 33.0 Å². The predicted molar refractivity (Wildman–Crippen MR) is 131 cm³/mol. The van der Waals surface area contributed by atoms with Crippen LogP contribution in [0.2, 0.25) is 10.0 Å². The molecule has 1 heterocycles. The number of rotatable bonds is 7. The van der Waals surface area contributed by atoms with E-state index in [2.05, 4.69) is 10.5 Å². The lowest BCUT2D eigenvalue weighted by molar-refractivity contribution is 0.0959. The Balaban J connectivity index is 1.45. The maximum Gasteiger partial charge on any atom is 0.283 e. The molecule has 4 rings (SSSR count). The highest BCUT2D eigenvalue weighted by molar-refractivity contribution is 7.21. The van der Waals surface area contributed by atoms with Gasteiger partial charge in [0.15, 0.2) is 0 Å². The van der Waals surface area contributed by atoms with Crippen molar-refractivity contribution >= 4 is 56.7 Å². The van der Waals surface area contributed by atoms with Crippen molar-refractivity contribution in [2.45, 2.75) is 6.61 Å². The smallest absolute Gasteiger partial charge is 0.283 e. The van der Waals surface area contributed by atoms with Crippen LogP contribution >= 0.6 is 34.5 Å². The number of nitrogens with zero attached hydrogens (tertiary/aromatic N) is 1. The van der Waals surface area contributed by atoms with Gasteiger partial charge < -0.3 is 9.47 Å². The zero-order valence-corrected chi connectivity index (χ0v) is 19.3. The molecule has 0 spiro atoms. The van der Waals surface area contributed by atoms with Gasteiger partial charge in [-0.1, -0.05) is 41.4 Å². The van der Waals surface area contributed by atoms with Gasteiger partial charge in [-0.15, -0.1) is 11.3 Å². The molecule has 162 valence electrons. The molecule has 1 amide bonds. The van der Waals surface area contributed by atoms with Crippen LogP contribution in [0.4, 0.5) is 0 Å². The first-order valence-electron chi connectivity index (χ1n) is 9.61. The molecule has 0 aliphatic heterocycles. The summed E-state index contributed by atoms with van der Waals surface area (Å²) in [4.78, 5) is 13.0. The first kappa shape index (κ1) is 22.1. The molecular formula is C24H18Cl2N2O3S. The average Bonchev–Trinajstić information content (AvgIpc) is 3.15. The largest absolute Gasteiger partial charge is 0.496 e. The van der Waals surface area contributed by atoms with Gasteiger partial charge in [-0.05, 0) is 54.1 Å². The van der Waals surface area contributed by atoms with Crippen molar-refractivity contribution in [1.29, 1.82) is 0 Å². The summed E-state index contributed by atoms with van der Waals surface area (Å²) in [6.07, 6.45) is 1.56. The molecule has 5 nitrogen and oxygen atoms in total. The molecule has 3 aromatic carbocycles. The van der Waals surface area contributed by atoms with Crippen LogP contribution in [0.1, 0.15) is 20.8 Å². The van der Waals surface area contributed by atoms with E-state index in [0.717, 1.165) is 21.2 Å². The minimum atomic E-state index is -0.354. The minimum Gasteiger partial charge on any atom is -0.496 e. The van der Waals surface area contributed by atoms with Crippen molar-refractivity contribution in [3.63, 3.8) is 0 Å². The number of carbonyl (C=O) groups excluding carboxylic acids is 1. The Hall–Kier alpha value is -3.06. The Bertz CT molecular complexity index is 1290. The zero-order chi connectivity index (χ0) is 22.5. The fraction of sp³-hybridized carbons (Fsp3) is 0.0833. The standard InChI is InChI=1S/C24H18Cl2N2O3S/c1-30-20-11-6-15(12-16(20)14-31-18-9-7-17(25)8-10-18)13-27-28-24(29)23-22(26)19-4-2-3-5-21(19)32-23/h2-13H,14H2,1H3,(H,28,29). The van der Waals surface area contributed by atoms with Crippen molar-refractivity contribution in [2.24, 2.45) is 5.10 Å². The SMILES string of the molecule is COc1ccc(C=NNC(=O)c2sc3ccccc3c2Cl)cc1COc1ccc(Cl)cc1. The first-order valence-corrected chi connectivity index (χ1v) is 11.2. The minimum absolute atomic E-state index is 0.302. The molecule has 0 aliphatic rings. The number of halogens is 2. The molecule has 0 aliphatic carbocycles. The number of hydrogen-bond donors (Lipinski definition) is 1. The molecular weight excluding hydrogens is 467 g/mol. The molecule has 0 fully saturated rings. The molecule has 0 atom stereocenters. The summed E-state index contributed by atoms with van der Waals surface area (Å²) in [5, 5.41) is 6.02. The maximum absolute atomic E-state index is 12.5. The first-order chi connectivity index (χ1) is 15.5. The lowest BCUT2D eigenvalue weighted by atomic mass is 10.1. The number of ether oxygens (including phenoxy) is 2. The van der Waals surface area contributed by atoms with E-state index < -0.39 is 0 Å². The summed E-state index contributed by atoms with van der Waals surface area (Å²) < 4.78 is 12.2. The Morgan fingerprint density at radius 3 is 2.62 bits per heavy atom. The van der Waals surface area contributed by atoms with Crippen LogP contribution in [0, 0.1) is 0 Å². The number of carbonyl (C=O) groups is 1. The summed E-state index contributed by atoms with van der Waals surface area (Å²) >= 11 is 13.6. The number of amides is 1. The molecule has 0 bridgehead atoms. The van der Waals surface area contributed by atoms with Gasteiger partial charge in [-0.2, -0.15) is 5.10 Å². The number of fused-ring (bicyclic) bond motifs is 1. The fourth-order valence-electron chi connectivity index (χ4n) is 3.06. The number of benzene rings is 3. The van der Waals surface area contributed by atoms with Crippen molar-refractivity contribution < 1.29 is 14.3 Å². The van der Waals surface area contributed by atoms with Gasteiger partial charge in [0.25, 0.3) is 5.91 Å². The Morgan fingerprint density at radius 2 is 1.88 bits per heavy atom. The van der Waals surface area contributed by atoms with Gasteiger partial charge in [-0.25, -0.2) is 5.43 Å². The number of nitrogens with one attached hydrogen (secondary N) is 1. The van der Waals surface area contributed by atoms with Crippen LogP contribution in [-0.4, -0.2) is 19.2 Å². The van der Waals surface area contributed by atoms with Gasteiger partial charge in [0.05, 0.1) is 18.3 Å². The number of hydrazone groups is 1. The van der Waals surface area contributed by atoms with Gasteiger partial charge >= 0.3 is 0 Å². The van der Waals surface area contributed by atoms with Crippen molar-refractivity contribution in [2.75, 3.05) is 7.11 Å². The van der Waals surface area contributed by atoms with Gasteiger partial charge in [0.2, 0.25) is 0 Å². The lowest BCUT2D eigenvalue weighted by Crippen LogP contribution is -2.16. The second kappa shape index (κ2) is 10.0. The average molecular weight is 485 g/mol. The third-order valence-corrected chi connectivity index (χ3v) is 6.56. The van der Waals surface area contributed by atoms with Crippen LogP contribution in [0.3, 0.4) is 0 Å². The summed E-state index contributed by atoms with van der Waals surface area (Å²) in [6.45, 7) is 0.302. The third-order valence-electron chi connectivity index (χ3n) is 4.63. The highest BCUT2D eigenvalue weighted by Gasteiger charge is 2.16. The Labute approximate surface area is 199 Å². The van der Waals surface area contributed by atoms with Crippen molar-refractivity contribution in [3.8, 4) is 11.5 Å². The molecule has 0 saturated heterocycles. The number of methoxy groups -OCH3 is 1. The lowest BCUT2D eigenvalue weighted by Gasteiger charge is -2.11. The quantitative estimate of drug-likeness (QED) is 0.238. The second-order valence-corrected chi connectivity index (χ2v) is 8.62. The van der Waals surface area contributed by atoms with Crippen LogP contribution in [0.25, 0.3) is 10.1 Å². The maximum atomic E-state index is 12.5. The molecule has 0 unspecified atom stereocenters. The Morgan fingerprint density at radius 1 is 1.09 bits per heavy atom. The molecule has 4 aromatic rings. The van der Waals surface area contributed by atoms with Crippen LogP contribution in [0.5, 0.6) is 11.5 Å². The summed E-state index contributed by atoms with van der Waals surface area (Å²) in [5.41, 5.74) is 4.16. The fourth-order valence-corrected chi connectivity index (χ4v) is 4.59. The third kappa shape index (κ3) is 5.05. The van der Waals surface area contributed by atoms with Crippen LogP contribution < -0.4 is 14.9 Å². The van der Waals surface area contributed by atoms with E-state index in [1.165, 1.54) is 11.3 Å².